The van der Waals surface area contributed by atoms with E-state index >= 15 is 0 Å². The van der Waals surface area contributed by atoms with E-state index in [-0.39, 0.29) is 5.28 Å². The molecule has 3 nitrogen and oxygen atoms in total. The number of hydrogen-bond donors (Lipinski definition) is 0. The molecule has 0 unspecified atom stereocenters. The zero-order valence-corrected chi connectivity index (χ0v) is 9.76. The van der Waals surface area contributed by atoms with Crippen molar-refractivity contribution in [2.24, 2.45) is 5.92 Å². The Kier molecular flexibility index (Phi) is 3.93. The molecular weight excluding hydrogens is 255 g/mol. The number of aromatic nitrogens is 2. The first-order valence-corrected chi connectivity index (χ1v) is 5.07. The summed E-state index contributed by atoms with van der Waals surface area (Å²) < 4.78 is 6.12. The van der Waals surface area contributed by atoms with E-state index in [9.17, 15) is 0 Å². The lowest BCUT2D eigenvalue weighted by Gasteiger charge is -2.08. The van der Waals surface area contributed by atoms with Crippen molar-refractivity contribution in [1.29, 1.82) is 0 Å². The van der Waals surface area contributed by atoms with E-state index in [1.54, 1.807) is 6.20 Å². The van der Waals surface area contributed by atoms with Crippen LogP contribution in [0.5, 0.6) is 5.88 Å². The van der Waals surface area contributed by atoms with Gasteiger partial charge in [-0.05, 0) is 33.4 Å². The summed E-state index contributed by atoms with van der Waals surface area (Å²) in [6, 6.07) is 0. The van der Waals surface area contributed by atoms with Crippen LogP contribution in [0.3, 0.4) is 0 Å². The third kappa shape index (κ3) is 3.48. The van der Waals surface area contributed by atoms with Crippen LogP contribution in [-0.4, -0.2) is 16.6 Å². The van der Waals surface area contributed by atoms with Crippen LogP contribution in [0.1, 0.15) is 13.8 Å². The molecule has 0 N–H and O–H groups in total. The Morgan fingerprint density at radius 1 is 1.62 bits per heavy atom. The molecule has 0 fully saturated rings. The van der Waals surface area contributed by atoms with Crippen molar-refractivity contribution < 1.29 is 4.74 Å². The van der Waals surface area contributed by atoms with Gasteiger partial charge in [0, 0.05) is 6.20 Å². The number of halogens is 2. The fourth-order valence-electron chi connectivity index (χ4n) is 0.678. The van der Waals surface area contributed by atoms with Crippen molar-refractivity contribution in [2.45, 2.75) is 13.8 Å². The third-order valence-electron chi connectivity index (χ3n) is 1.24. The fraction of sp³-hybridized carbons (Fsp3) is 0.500. The molecule has 0 saturated carbocycles. The van der Waals surface area contributed by atoms with Gasteiger partial charge in [0.1, 0.15) is 0 Å². The van der Waals surface area contributed by atoms with Gasteiger partial charge < -0.3 is 4.74 Å². The summed E-state index contributed by atoms with van der Waals surface area (Å²) in [5.41, 5.74) is 0. The van der Waals surface area contributed by atoms with E-state index in [2.05, 4.69) is 39.7 Å². The Morgan fingerprint density at radius 3 is 2.92 bits per heavy atom. The van der Waals surface area contributed by atoms with Gasteiger partial charge in [-0.2, -0.15) is 4.98 Å². The van der Waals surface area contributed by atoms with Gasteiger partial charge >= 0.3 is 0 Å². The first kappa shape index (κ1) is 10.7. The van der Waals surface area contributed by atoms with Crippen LogP contribution in [0.25, 0.3) is 0 Å². The number of hydrogen-bond acceptors (Lipinski definition) is 3. The second-order valence-electron chi connectivity index (χ2n) is 3.00. The highest BCUT2D eigenvalue weighted by Gasteiger charge is 2.05. The molecular formula is C8H10BrClN2O. The van der Waals surface area contributed by atoms with Gasteiger partial charge in [0.05, 0.1) is 11.1 Å². The predicted octanol–water partition coefficient (Wildman–Crippen LogP) is 2.93. The standard InChI is InChI=1S/C8H10BrClN2O/c1-5(2)4-13-7-6(9)3-11-8(10)12-7/h3,5H,4H2,1-2H3. The summed E-state index contributed by atoms with van der Waals surface area (Å²) in [6.07, 6.45) is 1.57. The molecule has 0 amide bonds. The predicted molar refractivity (Wildman–Crippen MR) is 55.1 cm³/mol. The molecule has 0 aliphatic rings. The monoisotopic (exact) mass is 264 g/mol. The molecule has 0 aliphatic heterocycles. The molecule has 1 aromatic heterocycles. The molecule has 0 saturated heterocycles. The average Bonchev–Trinajstić information content (AvgIpc) is 2.06. The highest BCUT2D eigenvalue weighted by molar-refractivity contribution is 9.10. The van der Waals surface area contributed by atoms with Crippen LogP contribution in [-0.2, 0) is 0 Å². The highest BCUT2D eigenvalue weighted by Crippen LogP contribution is 2.22. The van der Waals surface area contributed by atoms with Gasteiger partial charge in [-0.1, -0.05) is 13.8 Å². The molecule has 1 rings (SSSR count). The van der Waals surface area contributed by atoms with Crippen LogP contribution in [0.4, 0.5) is 0 Å². The summed E-state index contributed by atoms with van der Waals surface area (Å²) in [4.78, 5) is 7.72. The van der Waals surface area contributed by atoms with Gasteiger partial charge in [0.2, 0.25) is 11.2 Å². The van der Waals surface area contributed by atoms with Gasteiger partial charge in [-0.3, -0.25) is 0 Å². The van der Waals surface area contributed by atoms with E-state index in [0.29, 0.717) is 18.4 Å². The second kappa shape index (κ2) is 4.77. The average molecular weight is 266 g/mol. The van der Waals surface area contributed by atoms with Crippen molar-refractivity contribution in [3.63, 3.8) is 0 Å². The molecule has 0 aliphatic carbocycles. The summed E-state index contributed by atoms with van der Waals surface area (Å²) >= 11 is 8.88. The fourth-order valence-corrected chi connectivity index (χ4v) is 1.11. The lowest BCUT2D eigenvalue weighted by Crippen LogP contribution is -2.06. The Morgan fingerprint density at radius 2 is 2.31 bits per heavy atom. The smallest absolute Gasteiger partial charge is 0.232 e. The minimum atomic E-state index is 0.196. The minimum absolute atomic E-state index is 0.196. The summed E-state index contributed by atoms with van der Waals surface area (Å²) in [6.45, 7) is 4.75. The second-order valence-corrected chi connectivity index (χ2v) is 4.19. The maximum atomic E-state index is 5.61. The molecule has 0 spiro atoms. The van der Waals surface area contributed by atoms with Gasteiger partial charge in [0.15, 0.2) is 0 Å². The quantitative estimate of drug-likeness (QED) is 0.788. The van der Waals surface area contributed by atoms with Crippen molar-refractivity contribution in [1.82, 2.24) is 9.97 Å². The van der Waals surface area contributed by atoms with Crippen molar-refractivity contribution in [3.8, 4) is 5.88 Å². The first-order chi connectivity index (χ1) is 6.09. The molecule has 0 aromatic carbocycles. The van der Waals surface area contributed by atoms with Gasteiger partial charge in [-0.25, -0.2) is 4.98 Å². The number of ether oxygens (including phenoxy) is 1. The van der Waals surface area contributed by atoms with Crippen LogP contribution in [0.15, 0.2) is 10.7 Å². The molecule has 0 radical (unpaired) electrons. The van der Waals surface area contributed by atoms with E-state index in [1.807, 2.05) is 0 Å². The summed E-state index contributed by atoms with van der Waals surface area (Å²) in [5.74, 6) is 0.953. The Balaban J connectivity index is 2.70. The zero-order chi connectivity index (χ0) is 9.84. The van der Waals surface area contributed by atoms with E-state index in [4.69, 9.17) is 16.3 Å². The molecule has 1 heterocycles. The first-order valence-electron chi connectivity index (χ1n) is 3.90. The zero-order valence-electron chi connectivity index (χ0n) is 7.42. The van der Waals surface area contributed by atoms with E-state index < -0.39 is 0 Å². The molecule has 13 heavy (non-hydrogen) atoms. The summed E-state index contributed by atoms with van der Waals surface area (Å²) in [7, 11) is 0. The lowest BCUT2D eigenvalue weighted by molar-refractivity contribution is 0.259. The molecule has 1 aromatic rings. The van der Waals surface area contributed by atoms with Crippen molar-refractivity contribution in [3.05, 3.63) is 16.0 Å². The third-order valence-corrected chi connectivity index (χ3v) is 1.96. The Bertz CT molecular complexity index is 293. The van der Waals surface area contributed by atoms with Crippen molar-refractivity contribution in [2.75, 3.05) is 6.61 Å². The van der Waals surface area contributed by atoms with E-state index in [0.717, 1.165) is 4.47 Å². The lowest BCUT2D eigenvalue weighted by atomic mass is 10.2. The van der Waals surface area contributed by atoms with Gasteiger partial charge in [-0.15, -0.1) is 0 Å². The van der Waals surface area contributed by atoms with Crippen LogP contribution < -0.4 is 4.74 Å². The van der Waals surface area contributed by atoms with Gasteiger partial charge in [0.25, 0.3) is 0 Å². The van der Waals surface area contributed by atoms with Crippen molar-refractivity contribution >= 4 is 27.5 Å². The van der Waals surface area contributed by atoms with Crippen LogP contribution in [0.2, 0.25) is 5.28 Å². The molecule has 72 valence electrons. The van der Waals surface area contributed by atoms with Crippen LogP contribution >= 0.6 is 27.5 Å². The van der Waals surface area contributed by atoms with Crippen LogP contribution in [0, 0.1) is 5.92 Å². The number of rotatable bonds is 3. The normalized spacial score (nSPS) is 10.5. The number of nitrogens with zero attached hydrogens (tertiary/aromatic N) is 2. The Labute approximate surface area is 90.6 Å². The Hall–Kier alpha value is -0.350. The van der Waals surface area contributed by atoms with E-state index in [1.165, 1.54) is 0 Å². The maximum Gasteiger partial charge on any atom is 0.232 e. The maximum absolute atomic E-state index is 5.61. The largest absolute Gasteiger partial charge is 0.476 e. The molecule has 5 heteroatoms. The topological polar surface area (TPSA) is 35.0 Å². The molecule has 0 atom stereocenters. The molecule has 0 bridgehead atoms. The highest BCUT2D eigenvalue weighted by atomic mass is 79.9. The minimum Gasteiger partial charge on any atom is -0.476 e. The summed E-state index contributed by atoms with van der Waals surface area (Å²) in [5, 5.41) is 0.196. The SMILES string of the molecule is CC(C)COc1nc(Cl)ncc1Br.